The summed E-state index contributed by atoms with van der Waals surface area (Å²) in [6, 6.07) is 3.60. The minimum absolute atomic E-state index is 0.0327. The van der Waals surface area contributed by atoms with Gasteiger partial charge in [0.25, 0.3) is 6.43 Å². The Morgan fingerprint density at radius 1 is 1.47 bits per heavy atom. The van der Waals surface area contributed by atoms with Crippen molar-refractivity contribution in [1.82, 2.24) is 4.98 Å². The van der Waals surface area contributed by atoms with Crippen LogP contribution >= 0.6 is 22.6 Å². The van der Waals surface area contributed by atoms with E-state index in [1.54, 1.807) is 28.7 Å². The molecule has 1 heterocycles. The van der Waals surface area contributed by atoms with E-state index < -0.39 is 6.43 Å². The fraction of sp³-hybridized carbons (Fsp3) is 0.222. The number of rotatable bonds is 2. The lowest BCUT2D eigenvalue weighted by Gasteiger charge is -2.07. The molecule has 0 atom stereocenters. The van der Waals surface area contributed by atoms with E-state index in [2.05, 4.69) is 4.98 Å². The van der Waals surface area contributed by atoms with Crippen LogP contribution in [0.3, 0.4) is 0 Å². The highest BCUT2D eigenvalue weighted by molar-refractivity contribution is 14.1. The second-order valence-corrected chi connectivity index (χ2v) is 3.68. The first-order valence-corrected chi connectivity index (χ1v) is 4.92. The Morgan fingerprint density at radius 3 is 2.60 bits per heavy atom. The van der Waals surface area contributed by atoms with Crippen molar-refractivity contribution in [1.29, 1.82) is 10.5 Å². The van der Waals surface area contributed by atoms with Gasteiger partial charge in [-0.15, -0.1) is 0 Å². The van der Waals surface area contributed by atoms with Crippen molar-refractivity contribution in [2.45, 2.75) is 12.8 Å². The zero-order chi connectivity index (χ0) is 11.4. The van der Waals surface area contributed by atoms with Gasteiger partial charge in [0.05, 0.1) is 12.5 Å². The predicted octanol–water partition coefficient (Wildman–Crippen LogP) is 2.56. The monoisotopic (exact) mass is 319 g/mol. The van der Waals surface area contributed by atoms with Crippen molar-refractivity contribution < 1.29 is 8.78 Å². The highest BCUT2D eigenvalue weighted by Gasteiger charge is 2.18. The van der Waals surface area contributed by atoms with Crippen LogP contribution in [-0.4, -0.2) is 4.98 Å². The van der Waals surface area contributed by atoms with E-state index in [-0.39, 0.29) is 26.8 Å². The van der Waals surface area contributed by atoms with Gasteiger partial charge in [-0.1, -0.05) is 0 Å². The van der Waals surface area contributed by atoms with Gasteiger partial charge in [0.1, 0.15) is 11.8 Å². The second kappa shape index (κ2) is 4.99. The maximum absolute atomic E-state index is 12.5. The van der Waals surface area contributed by atoms with Gasteiger partial charge in [0.2, 0.25) is 0 Å². The van der Waals surface area contributed by atoms with E-state index in [0.717, 1.165) is 6.20 Å². The van der Waals surface area contributed by atoms with E-state index in [9.17, 15) is 8.78 Å². The number of hydrogen-bond donors (Lipinski definition) is 0. The molecular weight excluding hydrogens is 315 g/mol. The maximum Gasteiger partial charge on any atom is 0.266 e. The van der Waals surface area contributed by atoms with Crippen molar-refractivity contribution in [3.63, 3.8) is 0 Å². The zero-order valence-corrected chi connectivity index (χ0v) is 9.49. The summed E-state index contributed by atoms with van der Waals surface area (Å²) in [6.07, 6.45) is -1.75. The van der Waals surface area contributed by atoms with Crippen LogP contribution in [0, 0.1) is 26.2 Å². The van der Waals surface area contributed by atoms with Crippen LogP contribution in [0.2, 0.25) is 0 Å². The van der Waals surface area contributed by atoms with Gasteiger partial charge in [-0.3, -0.25) is 0 Å². The molecule has 6 heteroatoms. The van der Waals surface area contributed by atoms with Crippen LogP contribution in [0.1, 0.15) is 23.2 Å². The predicted molar refractivity (Wildman–Crippen MR) is 55.9 cm³/mol. The summed E-state index contributed by atoms with van der Waals surface area (Å²) in [4.78, 5) is 3.60. The van der Waals surface area contributed by atoms with Crippen molar-refractivity contribution >= 4 is 22.6 Å². The molecule has 0 saturated heterocycles. The van der Waals surface area contributed by atoms with Gasteiger partial charge in [-0.2, -0.15) is 10.5 Å². The molecule has 0 fully saturated rings. The first-order chi connectivity index (χ1) is 7.11. The van der Waals surface area contributed by atoms with E-state index >= 15 is 0 Å². The first kappa shape index (κ1) is 11.8. The normalized spacial score (nSPS) is 9.73. The van der Waals surface area contributed by atoms with Gasteiger partial charge in [0.15, 0.2) is 0 Å². The molecule has 76 valence electrons. The van der Waals surface area contributed by atoms with Crippen LogP contribution in [0.5, 0.6) is 0 Å². The number of aromatic nitrogens is 1. The van der Waals surface area contributed by atoms with Gasteiger partial charge >= 0.3 is 0 Å². The Morgan fingerprint density at radius 2 is 2.13 bits per heavy atom. The Labute approximate surface area is 98.5 Å². The summed E-state index contributed by atoms with van der Waals surface area (Å²) in [5.74, 6) is 0. The maximum atomic E-state index is 12.5. The van der Waals surface area contributed by atoms with Gasteiger partial charge in [-0.25, -0.2) is 13.8 Å². The third-order valence-corrected chi connectivity index (χ3v) is 3.01. The standard InChI is InChI=1S/C9H4F2IN3/c10-9(11)6-4-15-7(3-14)5(1-2-13)8(6)12/h4,9H,1H2. The molecule has 0 amide bonds. The Bertz CT molecular complexity index is 460. The summed E-state index contributed by atoms with van der Waals surface area (Å²) < 4.78 is 25.2. The summed E-state index contributed by atoms with van der Waals surface area (Å²) in [7, 11) is 0. The molecule has 3 nitrogen and oxygen atoms in total. The lowest BCUT2D eigenvalue weighted by Crippen LogP contribution is -2.02. The first-order valence-electron chi connectivity index (χ1n) is 3.84. The molecule has 0 N–H and O–H groups in total. The molecule has 0 aliphatic carbocycles. The number of pyridine rings is 1. The molecule has 0 aromatic carbocycles. The molecule has 0 aliphatic rings. The van der Waals surface area contributed by atoms with Crippen molar-refractivity contribution in [3.05, 3.63) is 26.6 Å². The summed E-state index contributed by atoms with van der Waals surface area (Å²) in [6.45, 7) is 0. The molecule has 0 radical (unpaired) electrons. The Kier molecular flexibility index (Phi) is 3.92. The van der Waals surface area contributed by atoms with Crippen LogP contribution in [0.4, 0.5) is 8.78 Å². The molecule has 0 bridgehead atoms. The van der Waals surface area contributed by atoms with Crippen molar-refractivity contribution in [2.75, 3.05) is 0 Å². The Balaban J connectivity index is 3.38. The quantitative estimate of drug-likeness (QED) is 0.787. The van der Waals surface area contributed by atoms with E-state index in [1.807, 2.05) is 6.07 Å². The van der Waals surface area contributed by atoms with Gasteiger partial charge in [-0.05, 0) is 22.6 Å². The van der Waals surface area contributed by atoms with Gasteiger partial charge in [0, 0.05) is 20.9 Å². The summed E-state index contributed by atoms with van der Waals surface area (Å²) in [5.41, 5.74) is 0.0728. The van der Waals surface area contributed by atoms with Crippen LogP contribution < -0.4 is 0 Å². The van der Waals surface area contributed by atoms with Crippen LogP contribution in [0.25, 0.3) is 0 Å². The molecule has 15 heavy (non-hydrogen) atoms. The molecule has 1 aromatic heterocycles. The van der Waals surface area contributed by atoms with Crippen LogP contribution in [-0.2, 0) is 6.42 Å². The van der Waals surface area contributed by atoms with Crippen LogP contribution in [0.15, 0.2) is 6.20 Å². The highest BCUT2D eigenvalue weighted by Crippen LogP contribution is 2.27. The molecule has 0 spiro atoms. The Hall–Kier alpha value is -1.28. The second-order valence-electron chi connectivity index (χ2n) is 2.60. The molecule has 1 rings (SSSR count). The zero-order valence-electron chi connectivity index (χ0n) is 7.34. The SMILES string of the molecule is N#CCc1c(C#N)ncc(C(F)F)c1I. The third kappa shape index (κ3) is 2.39. The van der Waals surface area contributed by atoms with E-state index in [4.69, 9.17) is 10.5 Å². The molecule has 0 unspecified atom stereocenters. The number of halogens is 3. The number of alkyl halides is 2. The average Bonchev–Trinajstić information content (AvgIpc) is 2.20. The molecule has 0 aliphatic heterocycles. The molecular formula is C9H4F2IN3. The largest absolute Gasteiger partial charge is 0.266 e. The summed E-state index contributed by atoms with van der Waals surface area (Å²) in [5, 5.41) is 17.2. The molecule has 0 saturated carbocycles. The minimum Gasteiger partial charge on any atom is -0.245 e. The smallest absolute Gasteiger partial charge is 0.245 e. The average molecular weight is 319 g/mol. The molecule has 1 aromatic rings. The lowest BCUT2D eigenvalue weighted by molar-refractivity contribution is 0.150. The number of hydrogen-bond acceptors (Lipinski definition) is 3. The summed E-state index contributed by atoms with van der Waals surface area (Å²) >= 11 is 1.71. The van der Waals surface area contributed by atoms with Crippen molar-refractivity contribution in [3.8, 4) is 12.1 Å². The van der Waals surface area contributed by atoms with Crippen molar-refractivity contribution in [2.24, 2.45) is 0 Å². The number of nitriles is 2. The fourth-order valence-electron chi connectivity index (χ4n) is 1.04. The van der Waals surface area contributed by atoms with Gasteiger partial charge < -0.3 is 0 Å². The third-order valence-electron chi connectivity index (χ3n) is 1.73. The van der Waals surface area contributed by atoms with E-state index in [0.29, 0.717) is 0 Å². The minimum atomic E-state index is -2.64. The fourth-order valence-corrected chi connectivity index (χ4v) is 1.86. The topological polar surface area (TPSA) is 60.5 Å². The highest BCUT2D eigenvalue weighted by atomic mass is 127. The van der Waals surface area contributed by atoms with E-state index in [1.165, 1.54) is 0 Å². The lowest BCUT2D eigenvalue weighted by atomic mass is 10.1. The number of nitrogens with zero attached hydrogens (tertiary/aromatic N) is 3.